The number of halogens is 2. The summed E-state index contributed by atoms with van der Waals surface area (Å²) in [6, 6.07) is 22.4. The largest absolute Gasteiger partial charge is 0.489 e. The van der Waals surface area contributed by atoms with Crippen molar-refractivity contribution in [2.75, 3.05) is 4.90 Å². The maximum absolute atomic E-state index is 13.9. The van der Waals surface area contributed by atoms with Crippen molar-refractivity contribution >= 4 is 63.8 Å². The molecular formula is C32H24Cl2N2O4S2. The lowest BCUT2D eigenvalue weighted by molar-refractivity contribution is -0.123. The molecule has 2 aliphatic carbocycles. The van der Waals surface area contributed by atoms with Crippen LogP contribution in [0.4, 0.5) is 5.69 Å². The van der Waals surface area contributed by atoms with Gasteiger partial charge in [0.05, 0.1) is 22.5 Å². The molecule has 2 bridgehead atoms. The minimum atomic E-state index is -0.373. The maximum Gasteiger partial charge on any atom is 0.305 e. The predicted molar refractivity (Wildman–Crippen MR) is 165 cm³/mol. The molecule has 4 aromatic rings. The van der Waals surface area contributed by atoms with Crippen LogP contribution in [0, 0.1) is 29.6 Å². The first kappa shape index (κ1) is 26.6. The van der Waals surface area contributed by atoms with E-state index in [1.54, 1.807) is 11.8 Å². The molecule has 2 aliphatic heterocycles. The molecule has 3 fully saturated rings. The molecule has 212 valence electrons. The van der Waals surface area contributed by atoms with Crippen LogP contribution >= 0.6 is 46.3 Å². The summed E-state index contributed by atoms with van der Waals surface area (Å²) in [6.45, 7) is 0.341. The third-order valence-electron chi connectivity index (χ3n) is 9.35. The van der Waals surface area contributed by atoms with Crippen LogP contribution in [0.25, 0.3) is 0 Å². The van der Waals surface area contributed by atoms with Gasteiger partial charge in [0, 0.05) is 31.7 Å². The number of ether oxygens (including phenoxy) is 1. The van der Waals surface area contributed by atoms with E-state index in [1.165, 1.54) is 16.2 Å². The zero-order chi connectivity index (χ0) is 28.7. The molecule has 42 heavy (non-hydrogen) atoms. The normalized spacial score (nSPS) is 29.0. The van der Waals surface area contributed by atoms with Crippen LogP contribution in [-0.2, 0) is 16.2 Å². The second-order valence-corrected chi connectivity index (χ2v) is 14.5. The van der Waals surface area contributed by atoms with Crippen LogP contribution in [0.15, 0.2) is 82.6 Å². The average Bonchev–Trinajstić information content (AvgIpc) is 3.72. The lowest BCUT2D eigenvalue weighted by atomic mass is 9.68. The van der Waals surface area contributed by atoms with E-state index in [2.05, 4.69) is 4.98 Å². The number of aromatic amines is 1. The molecule has 6 unspecified atom stereocenters. The van der Waals surface area contributed by atoms with E-state index in [0.717, 1.165) is 27.5 Å². The second kappa shape index (κ2) is 10.0. The number of nitrogens with one attached hydrogen (secondary N) is 1. The molecule has 3 heterocycles. The van der Waals surface area contributed by atoms with Crippen LogP contribution < -0.4 is 14.5 Å². The van der Waals surface area contributed by atoms with Crippen molar-refractivity contribution in [3.05, 3.63) is 109 Å². The van der Waals surface area contributed by atoms with E-state index in [9.17, 15) is 14.4 Å². The minimum Gasteiger partial charge on any atom is -0.489 e. The van der Waals surface area contributed by atoms with E-state index >= 15 is 0 Å². The quantitative estimate of drug-likeness (QED) is 0.239. The molecule has 0 radical (unpaired) electrons. The van der Waals surface area contributed by atoms with E-state index in [-0.39, 0.29) is 57.4 Å². The number of amides is 2. The highest BCUT2D eigenvalue weighted by atomic mass is 35.5. The summed E-state index contributed by atoms with van der Waals surface area (Å²) in [5.41, 5.74) is 2.51. The van der Waals surface area contributed by atoms with Crippen molar-refractivity contribution in [3.8, 4) is 5.75 Å². The van der Waals surface area contributed by atoms with Gasteiger partial charge in [0.2, 0.25) is 11.8 Å². The molecule has 2 amide bonds. The average molecular weight is 636 g/mol. The number of fused-ring (bicyclic) bond motifs is 9. The number of nitrogens with zero attached hydrogens (tertiary/aromatic N) is 1. The number of rotatable bonds is 5. The number of imide groups is 1. The molecule has 1 saturated heterocycles. The minimum absolute atomic E-state index is 0.00103. The molecule has 3 aromatic carbocycles. The van der Waals surface area contributed by atoms with Crippen LogP contribution in [-0.4, -0.2) is 22.0 Å². The Balaban J connectivity index is 1.20. The predicted octanol–water partition coefficient (Wildman–Crippen LogP) is 7.00. The Morgan fingerprint density at radius 1 is 0.881 bits per heavy atom. The van der Waals surface area contributed by atoms with Gasteiger partial charge >= 0.3 is 4.87 Å². The Labute approximate surface area is 260 Å². The Morgan fingerprint density at radius 3 is 2.36 bits per heavy atom. The van der Waals surface area contributed by atoms with Gasteiger partial charge in [-0.2, -0.15) is 0 Å². The number of para-hydroxylation sites is 1. The van der Waals surface area contributed by atoms with Crippen LogP contribution in [0.2, 0.25) is 10.0 Å². The van der Waals surface area contributed by atoms with Crippen molar-refractivity contribution < 1.29 is 14.3 Å². The molecule has 4 aliphatic rings. The fraction of sp³-hybridized carbons (Fsp3) is 0.281. The summed E-state index contributed by atoms with van der Waals surface area (Å²) in [5, 5.41) is 2.16. The summed E-state index contributed by atoms with van der Waals surface area (Å²) < 4.78 is 6.40. The van der Waals surface area contributed by atoms with Crippen molar-refractivity contribution in [3.63, 3.8) is 0 Å². The number of thiazole rings is 1. The van der Waals surface area contributed by atoms with Gasteiger partial charge in [-0.25, -0.2) is 0 Å². The third kappa shape index (κ3) is 4.03. The highest BCUT2D eigenvalue weighted by molar-refractivity contribution is 8.00. The lowest BCUT2D eigenvalue weighted by Gasteiger charge is -2.43. The Morgan fingerprint density at radius 2 is 1.60 bits per heavy atom. The van der Waals surface area contributed by atoms with E-state index in [4.69, 9.17) is 27.9 Å². The van der Waals surface area contributed by atoms with Gasteiger partial charge in [0.25, 0.3) is 0 Å². The fourth-order valence-corrected chi connectivity index (χ4v) is 11.0. The number of hydrogen-bond acceptors (Lipinski definition) is 6. The van der Waals surface area contributed by atoms with Gasteiger partial charge in [-0.05, 0) is 72.2 Å². The van der Waals surface area contributed by atoms with Crippen LogP contribution in [0.5, 0.6) is 5.75 Å². The van der Waals surface area contributed by atoms with Crippen LogP contribution in [0.1, 0.15) is 28.3 Å². The SMILES string of the molecule is O=C1C2C3CC(C2C(=O)N1c1ccccc1)C1C3Sc2[nH]c(=O)sc2[C@@H]1c1cc(Cl)ccc1OCc1ccc(Cl)cc1. The number of carbonyl (C=O) groups is 2. The van der Waals surface area contributed by atoms with Gasteiger partial charge in [0.15, 0.2) is 0 Å². The molecule has 7 atom stereocenters. The first-order valence-corrected chi connectivity index (χ1v) is 16.3. The first-order valence-electron chi connectivity index (χ1n) is 13.9. The molecule has 0 spiro atoms. The lowest BCUT2D eigenvalue weighted by Crippen LogP contribution is -2.42. The van der Waals surface area contributed by atoms with Crippen molar-refractivity contribution in [2.45, 2.75) is 29.2 Å². The maximum atomic E-state index is 13.9. The topological polar surface area (TPSA) is 79.5 Å². The summed E-state index contributed by atoms with van der Waals surface area (Å²) in [6.07, 6.45) is 0.814. The van der Waals surface area contributed by atoms with Crippen molar-refractivity contribution in [2.24, 2.45) is 29.6 Å². The summed E-state index contributed by atoms with van der Waals surface area (Å²) in [5.74, 6) is -0.342. The number of thioether (sulfide) groups is 1. The van der Waals surface area contributed by atoms with Crippen LogP contribution in [0.3, 0.4) is 0 Å². The molecular weight excluding hydrogens is 611 g/mol. The summed E-state index contributed by atoms with van der Waals surface area (Å²) >= 11 is 15.6. The van der Waals surface area contributed by atoms with Crippen molar-refractivity contribution in [1.82, 2.24) is 4.98 Å². The zero-order valence-electron chi connectivity index (χ0n) is 22.0. The van der Waals surface area contributed by atoms with Gasteiger partial charge in [-0.1, -0.05) is 64.9 Å². The second-order valence-electron chi connectivity index (χ2n) is 11.4. The molecule has 2 saturated carbocycles. The number of anilines is 1. The van der Waals surface area contributed by atoms with Gasteiger partial charge in [-0.15, -0.1) is 11.8 Å². The Hall–Kier alpha value is -3.04. The van der Waals surface area contributed by atoms with E-state index in [1.807, 2.05) is 72.8 Å². The summed E-state index contributed by atoms with van der Waals surface area (Å²) in [7, 11) is 0. The highest BCUT2D eigenvalue weighted by Crippen LogP contribution is 2.69. The Bertz CT molecular complexity index is 1790. The molecule has 8 rings (SSSR count). The number of carbonyl (C=O) groups excluding carboxylic acids is 2. The van der Waals surface area contributed by atoms with Gasteiger partial charge in [-0.3, -0.25) is 19.3 Å². The number of hydrogen-bond donors (Lipinski definition) is 1. The van der Waals surface area contributed by atoms with Gasteiger partial charge in [0.1, 0.15) is 12.4 Å². The Kier molecular flexibility index (Phi) is 6.34. The molecule has 6 nitrogen and oxygen atoms in total. The molecule has 10 heteroatoms. The standard InChI is InChI=1S/C32H24Cl2N2O4S2/c33-16-8-6-15(7-9-16)14-40-22-11-10-17(34)12-19(22)23-24-20-13-21(27(24)41-29-28(23)42-32(39)35-29)26-25(20)30(37)36(31(26)38)18-4-2-1-3-5-18/h1-12,20-21,23-27H,13-14H2,(H,35,39)/t20?,21?,23-,24?,25?,26?,27?/m1/s1. The number of H-pyrrole nitrogens is 1. The van der Waals surface area contributed by atoms with Crippen molar-refractivity contribution in [1.29, 1.82) is 0 Å². The fourth-order valence-electron chi connectivity index (χ4n) is 7.83. The highest BCUT2D eigenvalue weighted by Gasteiger charge is 2.69. The first-order chi connectivity index (χ1) is 20.4. The number of benzene rings is 3. The molecule has 1 N–H and O–H groups in total. The number of aromatic nitrogens is 1. The third-order valence-corrected chi connectivity index (χ3v) is 12.4. The molecule has 1 aromatic heterocycles. The smallest absolute Gasteiger partial charge is 0.305 e. The van der Waals surface area contributed by atoms with E-state index < -0.39 is 0 Å². The van der Waals surface area contributed by atoms with E-state index in [0.29, 0.717) is 28.1 Å². The zero-order valence-corrected chi connectivity index (χ0v) is 25.2. The monoisotopic (exact) mass is 634 g/mol. The summed E-state index contributed by atoms with van der Waals surface area (Å²) in [4.78, 5) is 45.7. The van der Waals surface area contributed by atoms with Gasteiger partial charge < -0.3 is 9.72 Å².